The molecule has 0 amide bonds. The van der Waals surface area contributed by atoms with E-state index in [4.69, 9.17) is 0 Å². The molecule has 1 aliphatic heterocycles. The zero-order valence-corrected chi connectivity index (χ0v) is 12.1. The van der Waals surface area contributed by atoms with Crippen molar-refractivity contribution in [2.75, 3.05) is 25.0 Å². The Hall–Kier alpha value is -1.03. The number of nitrogens with one attached hydrogen (secondary N) is 1. The number of hydrogen-bond donors (Lipinski definition) is 1. The molecule has 0 spiro atoms. The van der Waals surface area contributed by atoms with E-state index in [0.29, 0.717) is 6.04 Å². The summed E-state index contributed by atoms with van der Waals surface area (Å²) in [5.74, 6) is 0.785. The van der Waals surface area contributed by atoms with Crippen LogP contribution >= 0.6 is 0 Å². The Balaban J connectivity index is 1.89. The van der Waals surface area contributed by atoms with Crippen molar-refractivity contribution in [3.8, 4) is 0 Å². The van der Waals surface area contributed by atoms with E-state index in [9.17, 15) is 0 Å². The summed E-state index contributed by atoms with van der Waals surface area (Å²) in [4.78, 5) is 2.54. The highest BCUT2D eigenvalue weighted by atomic mass is 15.3. The first-order chi connectivity index (χ1) is 8.60. The van der Waals surface area contributed by atoms with Crippen LogP contribution < -0.4 is 5.32 Å². The van der Waals surface area contributed by atoms with Crippen molar-refractivity contribution in [3.63, 3.8) is 0 Å². The van der Waals surface area contributed by atoms with Crippen LogP contribution in [-0.2, 0) is 7.05 Å². The topological polar surface area (TPSA) is 33.1 Å². The van der Waals surface area contributed by atoms with Gasteiger partial charge in [0.05, 0.1) is 11.4 Å². The van der Waals surface area contributed by atoms with E-state index in [1.165, 1.54) is 38.2 Å². The zero-order chi connectivity index (χ0) is 13.1. The quantitative estimate of drug-likeness (QED) is 0.890. The average molecular weight is 250 g/mol. The van der Waals surface area contributed by atoms with Gasteiger partial charge in [-0.2, -0.15) is 5.10 Å². The molecule has 4 heteroatoms. The van der Waals surface area contributed by atoms with Gasteiger partial charge in [-0.05, 0) is 52.2 Å². The van der Waals surface area contributed by atoms with Gasteiger partial charge >= 0.3 is 0 Å². The van der Waals surface area contributed by atoms with Crippen molar-refractivity contribution in [3.05, 3.63) is 11.9 Å². The minimum atomic E-state index is 0.534. The van der Waals surface area contributed by atoms with Gasteiger partial charge < -0.3 is 10.2 Å². The Bertz CT molecular complexity index is 377. The highest BCUT2D eigenvalue weighted by molar-refractivity contribution is 5.46. The molecule has 1 N–H and O–H groups in total. The molecule has 0 saturated carbocycles. The first-order valence-corrected chi connectivity index (χ1v) is 7.09. The fourth-order valence-corrected chi connectivity index (χ4v) is 2.87. The third-order valence-electron chi connectivity index (χ3n) is 4.18. The Morgan fingerprint density at radius 1 is 1.44 bits per heavy atom. The Morgan fingerprint density at radius 2 is 2.11 bits per heavy atom. The van der Waals surface area contributed by atoms with Crippen molar-refractivity contribution < 1.29 is 0 Å². The molecule has 0 aromatic carbocycles. The fraction of sp³-hybridized carbons (Fsp3) is 0.786. The largest absolute Gasteiger partial charge is 0.380 e. The van der Waals surface area contributed by atoms with Gasteiger partial charge in [-0.3, -0.25) is 4.68 Å². The van der Waals surface area contributed by atoms with Gasteiger partial charge in [0.1, 0.15) is 0 Å². The third kappa shape index (κ3) is 3.05. The van der Waals surface area contributed by atoms with Gasteiger partial charge in [0, 0.05) is 19.3 Å². The van der Waals surface area contributed by atoms with Gasteiger partial charge in [-0.1, -0.05) is 6.92 Å². The number of anilines is 1. The van der Waals surface area contributed by atoms with Crippen LogP contribution in [0.3, 0.4) is 0 Å². The molecule has 0 aliphatic carbocycles. The maximum absolute atomic E-state index is 4.38. The summed E-state index contributed by atoms with van der Waals surface area (Å²) in [5, 5.41) is 8.01. The van der Waals surface area contributed by atoms with E-state index in [1.54, 1.807) is 0 Å². The summed E-state index contributed by atoms with van der Waals surface area (Å²) in [6.45, 7) is 10.3. The van der Waals surface area contributed by atoms with E-state index in [-0.39, 0.29) is 0 Å². The van der Waals surface area contributed by atoms with Crippen molar-refractivity contribution in [1.82, 2.24) is 14.7 Å². The lowest BCUT2D eigenvalue weighted by Crippen LogP contribution is -2.39. The van der Waals surface area contributed by atoms with Crippen LogP contribution in [0.15, 0.2) is 6.20 Å². The van der Waals surface area contributed by atoms with Crippen LogP contribution in [0.2, 0.25) is 0 Å². The molecule has 1 fully saturated rings. The van der Waals surface area contributed by atoms with E-state index < -0.39 is 0 Å². The fourth-order valence-electron chi connectivity index (χ4n) is 2.87. The lowest BCUT2D eigenvalue weighted by atomic mass is 9.90. The second-order valence-electron chi connectivity index (χ2n) is 5.51. The van der Waals surface area contributed by atoms with Crippen LogP contribution in [0.1, 0.15) is 32.4 Å². The average Bonchev–Trinajstić information content (AvgIpc) is 2.68. The van der Waals surface area contributed by atoms with Crippen LogP contribution in [0, 0.1) is 12.8 Å². The summed E-state index contributed by atoms with van der Waals surface area (Å²) in [7, 11) is 1.97. The standard InChI is InChI=1S/C14H26N4/c1-5-18-8-6-13(7-9-18)11(2)15-14-10-17(4)16-12(14)3/h10-11,13,15H,5-9H2,1-4H3. The number of nitrogens with zero attached hydrogens (tertiary/aromatic N) is 3. The molecule has 2 rings (SSSR count). The second-order valence-corrected chi connectivity index (χ2v) is 5.51. The molecular formula is C14H26N4. The number of aryl methyl sites for hydroxylation is 2. The number of likely N-dealkylation sites (tertiary alicyclic amines) is 1. The Labute approximate surface area is 110 Å². The first-order valence-electron chi connectivity index (χ1n) is 7.09. The molecule has 1 aromatic heterocycles. The molecule has 1 saturated heterocycles. The molecule has 1 aromatic rings. The molecule has 18 heavy (non-hydrogen) atoms. The summed E-state index contributed by atoms with van der Waals surface area (Å²) in [6.07, 6.45) is 4.69. The van der Waals surface area contributed by atoms with Crippen LogP contribution in [-0.4, -0.2) is 40.4 Å². The molecule has 1 aliphatic rings. The van der Waals surface area contributed by atoms with Gasteiger partial charge in [-0.25, -0.2) is 0 Å². The maximum Gasteiger partial charge on any atom is 0.0825 e. The maximum atomic E-state index is 4.38. The predicted octanol–water partition coefficient (Wildman–Crippen LogP) is 2.26. The Morgan fingerprint density at radius 3 is 2.61 bits per heavy atom. The number of hydrogen-bond acceptors (Lipinski definition) is 3. The van der Waals surface area contributed by atoms with Gasteiger partial charge in [0.2, 0.25) is 0 Å². The van der Waals surface area contributed by atoms with Crippen molar-refractivity contribution in [1.29, 1.82) is 0 Å². The van der Waals surface area contributed by atoms with Gasteiger partial charge in [0.25, 0.3) is 0 Å². The van der Waals surface area contributed by atoms with Crippen LogP contribution in [0.4, 0.5) is 5.69 Å². The smallest absolute Gasteiger partial charge is 0.0825 e. The minimum absolute atomic E-state index is 0.534. The first kappa shape index (κ1) is 13.4. The molecule has 0 bridgehead atoms. The molecule has 4 nitrogen and oxygen atoms in total. The molecular weight excluding hydrogens is 224 g/mol. The van der Waals surface area contributed by atoms with Gasteiger partial charge in [-0.15, -0.1) is 0 Å². The summed E-state index contributed by atoms with van der Waals surface area (Å²) in [6, 6.07) is 0.534. The van der Waals surface area contributed by atoms with E-state index in [0.717, 1.165) is 11.6 Å². The lowest BCUT2D eigenvalue weighted by Gasteiger charge is -2.34. The van der Waals surface area contributed by atoms with E-state index in [2.05, 4.69) is 42.3 Å². The van der Waals surface area contributed by atoms with Crippen molar-refractivity contribution in [2.24, 2.45) is 13.0 Å². The molecule has 1 unspecified atom stereocenters. The normalized spacial score (nSPS) is 20.0. The van der Waals surface area contributed by atoms with Gasteiger partial charge in [0.15, 0.2) is 0 Å². The molecule has 0 radical (unpaired) electrons. The lowest BCUT2D eigenvalue weighted by molar-refractivity contribution is 0.183. The van der Waals surface area contributed by atoms with Crippen molar-refractivity contribution in [2.45, 2.75) is 39.7 Å². The summed E-state index contributed by atoms with van der Waals surface area (Å²) >= 11 is 0. The highest BCUT2D eigenvalue weighted by Gasteiger charge is 2.23. The van der Waals surface area contributed by atoms with Crippen LogP contribution in [0.5, 0.6) is 0 Å². The number of piperidine rings is 1. The SMILES string of the molecule is CCN1CCC(C(C)Nc2cn(C)nc2C)CC1. The number of aromatic nitrogens is 2. The second kappa shape index (κ2) is 5.74. The van der Waals surface area contributed by atoms with E-state index in [1.807, 2.05) is 11.7 Å². The summed E-state index contributed by atoms with van der Waals surface area (Å²) < 4.78 is 1.88. The number of rotatable bonds is 4. The van der Waals surface area contributed by atoms with E-state index >= 15 is 0 Å². The Kier molecular flexibility index (Phi) is 4.27. The third-order valence-corrected chi connectivity index (χ3v) is 4.18. The molecule has 1 atom stereocenters. The monoisotopic (exact) mass is 250 g/mol. The molecule has 102 valence electrons. The minimum Gasteiger partial charge on any atom is -0.380 e. The zero-order valence-electron chi connectivity index (χ0n) is 12.1. The summed E-state index contributed by atoms with van der Waals surface area (Å²) in [5.41, 5.74) is 2.28. The highest BCUT2D eigenvalue weighted by Crippen LogP contribution is 2.24. The van der Waals surface area contributed by atoms with Crippen LogP contribution in [0.25, 0.3) is 0 Å². The van der Waals surface area contributed by atoms with Crippen molar-refractivity contribution >= 4 is 5.69 Å². The molecule has 2 heterocycles. The predicted molar refractivity (Wildman–Crippen MR) is 75.9 cm³/mol.